The number of piperidine rings is 1. The van der Waals surface area contributed by atoms with Gasteiger partial charge in [0.05, 0.1) is 6.54 Å². The Morgan fingerprint density at radius 3 is 2.43 bits per heavy atom. The number of carboxylic acids is 1. The van der Waals surface area contributed by atoms with E-state index in [-0.39, 0.29) is 19.0 Å². The molecule has 21 heavy (non-hydrogen) atoms. The van der Waals surface area contributed by atoms with Crippen LogP contribution in [0, 0.1) is 5.92 Å². The first kappa shape index (κ1) is 15.9. The Balaban J connectivity index is 1.99. The maximum absolute atomic E-state index is 13.8. The van der Waals surface area contributed by atoms with Crippen LogP contribution in [0.2, 0.25) is 0 Å². The number of ether oxygens (including phenoxy) is 1. The van der Waals surface area contributed by atoms with E-state index in [1.807, 2.05) is 0 Å². The minimum Gasteiger partial charge on any atom is -0.481 e. The van der Waals surface area contributed by atoms with Crippen molar-refractivity contribution < 1.29 is 28.2 Å². The minimum absolute atomic E-state index is 0.0166. The van der Waals surface area contributed by atoms with Crippen molar-refractivity contribution in [1.82, 2.24) is 9.80 Å². The van der Waals surface area contributed by atoms with Crippen molar-refractivity contribution in [2.24, 2.45) is 5.92 Å². The first-order valence-corrected chi connectivity index (χ1v) is 7.03. The number of hydrogen-bond acceptors (Lipinski definition) is 3. The lowest BCUT2D eigenvalue weighted by Gasteiger charge is -2.40. The average molecular weight is 306 g/mol. The number of carbonyl (C=O) groups is 2. The summed E-state index contributed by atoms with van der Waals surface area (Å²) in [5, 5.41) is 8.80. The predicted octanol–water partition coefficient (Wildman–Crippen LogP) is 1.26. The molecule has 1 unspecified atom stereocenters. The van der Waals surface area contributed by atoms with E-state index in [2.05, 4.69) is 0 Å². The number of nitrogens with zero attached hydrogens (tertiary/aromatic N) is 2. The van der Waals surface area contributed by atoms with E-state index >= 15 is 0 Å². The first-order chi connectivity index (χ1) is 9.83. The van der Waals surface area contributed by atoms with Gasteiger partial charge in [-0.05, 0) is 19.3 Å². The third-order valence-electron chi connectivity index (χ3n) is 4.21. The van der Waals surface area contributed by atoms with Gasteiger partial charge in [0, 0.05) is 32.8 Å². The molecule has 2 aliphatic heterocycles. The fraction of sp³-hybridized carbons (Fsp3) is 0.846. The standard InChI is InChI=1S/C13H20F2N2O4/c1-16(9-3-6-21-7-4-9)12(20)17-5-2-10(11(18)19)13(14,15)8-17/h9-10H,2-8H2,1H3,(H,18,19). The molecule has 0 aliphatic carbocycles. The van der Waals surface area contributed by atoms with Crippen molar-refractivity contribution in [3.05, 3.63) is 0 Å². The minimum atomic E-state index is -3.39. The van der Waals surface area contributed by atoms with E-state index in [0.717, 1.165) is 4.90 Å². The summed E-state index contributed by atoms with van der Waals surface area (Å²) in [5.41, 5.74) is 0. The summed E-state index contributed by atoms with van der Waals surface area (Å²) >= 11 is 0. The largest absolute Gasteiger partial charge is 0.481 e. The molecule has 2 amide bonds. The van der Waals surface area contributed by atoms with Crippen LogP contribution in [0.4, 0.5) is 13.6 Å². The van der Waals surface area contributed by atoms with Crippen LogP contribution in [0.15, 0.2) is 0 Å². The van der Waals surface area contributed by atoms with E-state index in [0.29, 0.717) is 26.1 Å². The van der Waals surface area contributed by atoms with Gasteiger partial charge in [0.15, 0.2) is 0 Å². The summed E-state index contributed by atoms with van der Waals surface area (Å²) in [7, 11) is 1.60. The molecule has 120 valence electrons. The summed E-state index contributed by atoms with van der Waals surface area (Å²) < 4.78 is 32.9. The Labute approximate surface area is 121 Å². The quantitative estimate of drug-likeness (QED) is 0.834. The summed E-state index contributed by atoms with van der Waals surface area (Å²) in [6, 6.07) is -0.484. The van der Waals surface area contributed by atoms with E-state index in [9.17, 15) is 18.4 Å². The van der Waals surface area contributed by atoms with Crippen molar-refractivity contribution in [3.8, 4) is 0 Å². The maximum Gasteiger partial charge on any atom is 0.320 e. The highest BCUT2D eigenvalue weighted by atomic mass is 19.3. The molecule has 2 saturated heterocycles. The maximum atomic E-state index is 13.8. The fourth-order valence-electron chi connectivity index (χ4n) is 2.86. The Morgan fingerprint density at radius 1 is 1.29 bits per heavy atom. The summed E-state index contributed by atoms with van der Waals surface area (Å²) in [6.45, 7) is 0.314. The third-order valence-corrected chi connectivity index (χ3v) is 4.21. The molecule has 2 aliphatic rings. The van der Waals surface area contributed by atoms with Crippen LogP contribution in [0.3, 0.4) is 0 Å². The molecule has 2 heterocycles. The van der Waals surface area contributed by atoms with E-state index in [1.165, 1.54) is 4.90 Å². The number of halogens is 2. The smallest absolute Gasteiger partial charge is 0.320 e. The normalized spacial score (nSPS) is 26.4. The molecule has 8 heteroatoms. The lowest BCUT2D eigenvalue weighted by atomic mass is 9.93. The van der Waals surface area contributed by atoms with Crippen molar-refractivity contribution >= 4 is 12.0 Å². The molecule has 0 aromatic heterocycles. The number of carboxylic acid groups (broad SMARTS) is 1. The number of rotatable bonds is 2. The van der Waals surface area contributed by atoms with Crippen LogP contribution >= 0.6 is 0 Å². The molecule has 0 spiro atoms. The molecular formula is C13H20F2N2O4. The highest BCUT2D eigenvalue weighted by Crippen LogP contribution is 2.33. The second kappa shape index (κ2) is 6.13. The molecule has 0 radical (unpaired) electrons. The summed E-state index contributed by atoms with van der Waals surface area (Å²) in [4.78, 5) is 25.6. The number of amides is 2. The molecule has 1 atom stereocenters. The highest BCUT2D eigenvalue weighted by Gasteiger charge is 2.50. The third kappa shape index (κ3) is 3.42. The van der Waals surface area contributed by atoms with Crippen LogP contribution in [0.25, 0.3) is 0 Å². The molecule has 2 fully saturated rings. The van der Waals surface area contributed by atoms with Gasteiger partial charge >= 0.3 is 12.0 Å². The van der Waals surface area contributed by atoms with E-state index in [4.69, 9.17) is 9.84 Å². The summed E-state index contributed by atoms with van der Waals surface area (Å²) in [5.74, 6) is -6.61. The fourth-order valence-corrected chi connectivity index (χ4v) is 2.86. The van der Waals surface area contributed by atoms with Crippen LogP contribution in [-0.4, -0.2) is 72.2 Å². The van der Waals surface area contributed by atoms with E-state index in [1.54, 1.807) is 7.05 Å². The van der Waals surface area contributed by atoms with Crippen molar-refractivity contribution in [2.75, 3.05) is 33.4 Å². The van der Waals surface area contributed by atoms with Gasteiger partial charge < -0.3 is 19.6 Å². The molecule has 0 saturated carbocycles. The molecule has 0 aromatic rings. The molecule has 6 nitrogen and oxygen atoms in total. The number of hydrogen-bond donors (Lipinski definition) is 1. The first-order valence-electron chi connectivity index (χ1n) is 7.03. The molecule has 0 aromatic carbocycles. The molecular weight excluding hydrogens is 286 g/mol. The molecule has 1 N–H and O–H groups in total. The van der Waals surface area contributed by atoms with E-state index < -0.39 is 30.4 Å². The Hall–Kier alpha value is -1.44. The van der Waals surface area contributed by atoms with Gasteiger partial charge in [-0.3, -0.25) is 4.79 Å². The van der Waals surface area contributed by atoms with Gasteiger partial charge in [-0.25, -0.2) is 13.6 Å². The van der Waals surface area contributed by atoms with Crippen LogP contribution in [-0.2, 0) is 9.53 Å². The van der Waals surface area contributed by atoms with Gasteiger partial charge in [-0.1, -0.05) is 0 Å². The van der Waals surface area contributed by atoms with Gasteiger partial charge in [0.2, 0.25) is 0 Å². The van der Waals surface area contributed by atoms with Crippen molar-refractivity contribution in [1.29, 1.82) is 0 Å². The zero-order valence-corrected chi connectivity index (χ0v) is 11.9. The number of urea groups is 1. The van der Waals surface area contributed by atoms with Gasteiger partial charge in [0.1, 0.15) is 5.92 Å². The monoisotopic (exact) mass is 306 g/mol. The molecule has 0 bridgehead atoms. The second-order valence-corrected chi connectivity index (χ2v) is 5.60. The van der Waals surface area contributed by atoms with Gasteiger partial charge in [-0.2, -0.15) is 0 Å². The molecule has 2 rings (SSSR count). The van der Waals surface area contributed by atoms with Crippen molar-refractivity contribution in [3.63, 3.8) is 0 Å². The van der Waals surface area contributed by atoms with Crippen LogP contribution in [0.1, 0.15) is 19.3 Å². The zero-order valence-electron chi connectivity index (χ0n) is 11.9. The SMILES string of the molecule is CN(C(=O)N1CCC(C(=O)O)C(F)(F)C1)C1CCOCC1. The second-order valence-electron chi connectivity index (χ2n) is 5.60. The predicted molar refractivity (Wildman–Crippen MR) is 69.3 cm³/mol. The number of alkyl halides is 2. The number of carbonyl (C=O) groups excluding carboxylic acids is 1. The highest BCUT2D eigenvalue weighted by molar-refractivity contribution is 5.76. The van der Waals surface area contributed by atoms with Gasteiger partial charge in [0.25, 0.3) is 5.92 Å². The van der Waals surface area contributed by atoms with Crippen molar-refractivity contribution in [2.45, 2.75) is 31.2 Å². The topological polar surface area (TPSA) is 70.1 Å². The number of likely N-dealkylation sites (tertiary alicyclic amines) is 1. The lowest BCUT2D eigenvalue weighted by molar-refractivity contribution is -0.165. The average Bonchev–Trinajstić information content (AvgIpc) is 2.45. The van der Waals surface area contributed by atoms with Crippen LogP contribution in [0.5, 0.6) is 0 Å². The Kier molecular flexibility index (Phi) is 4.65. The lowest BCUT2D eigenvalue weighted by Crippen LogP contribution is -2.57. The Morgan fingerprint density at radius 2 is 1.90 bits per heavy atom. The van der Waals surface area contributed by atoms with Gasteiger partial charge in [-0.15, -0.1) is 0 Å². The summed E-state index contributed by atoms with van der Waals surface area (Å²) in [6.07, 6.45) is 1.14. The number of aliphatic carboxylic acids is 1. The van der Waals surface area contributed by atoms with Crippen LogP contribution < -0.4 is 0 Å². The Bertz CT molecular complexity index is 413. The zero-order chi connectivity index (χ0) is 15.6.